The number of rotatable bonds is 4. The predicted molar refractivity (Wildman–Crippen MR) is 119 cm³/mol. The molecule has 3 aromatic rings. The second-order valence-electron chi connectivity index (χ2n) is 8.56. The zero-order chi connectivity index (χ0) is 26.2. The average Bonchev–Trinajstić information content (AvgIpc) is 3.65. The summed E-state index contributed by atoms with van der Waals surface area (Å²) in [4.78, 5) is 50.3. The molecule has 0 spiro atoms. The molecule has 0 aromatic heterocycles. The fourth-order valence-corrected chi connectivity index (χ4v) is 4.61. The summed E-state index contributed by atoms with van der Waals surface area (Å²) in [5.41, 5.74) is -5.75. The summed E-state index contributed by atoms with van der Waals surface area (Å²) in [7, 11) is 0. The SMILES string of the molecule is O=C(O)c1c(O)cc2c(c1C(=O)O)C(=O)c1c(O)c(-c3cc(C4CC4)ccc3O)c(O)c(O)c1C2=O. The topological polar surface area (TPSA) is 210 Å². The second-order valence-corrected chi connectivity index (χ2v) is 8.56. The number of hydrogen-bond donors (Lipinski definition) is 7. The maximum Gasteiger partial charge on any atom is 0.340 e. The third kappa shape index (κ3) is 2.99. The van der Waals surface area contributed by atoms with Gasteiger partial charge in [-0.05, 0) is 42.5 Å². The van der Waals surface area contributed by atoms with E-state index in [4.69, 9.17) is 0 Å². The molecule has 36 heavy (non-hydrogen) atoms. The van der Waals surface area contributed by atoms with E-state index in [1.54, 1.807) is 6.07 Å². The first-order chi connectivity index (χ1) is 17.0. The smallest absolute Gasteiger partial charge is 0.340 e. The molecule has 1 saturated carbocycles. The van der Waals surface area contributed by atoms with Gasteiger partial charge in [-0.25, -0.2) is 9.59 Å². The number of fused-ring (bicyclic) bond motifs is 2. The molecule has 0 saturated heterocycles. The van der Waals surface area contributed by atoms with Gasteiger partial charge in [0.15, 0.2) is 23.1 Å². The lowest BCUT2D eigenvalue weighted by molar-refractivity contribution is 0.0646. The van der Waals surface area contributed by atoms with E-state index in [1.807, 2.05) is 0 Å². The number of carbonyl (C=O) groups is 4. The van der Waals surface area contributed by atoms with Crippen molar-refractivity contribution < 1.29 is 54.9 Å². The van der Waals surface area contributed by atoms with Gasteiger partial charge in [-0.3, -0.25) is 9.59 Å². The Morgan fingerprint density at radius 2 is 1.22 bits per heavy atom. The summed E-state index contributed by atoms with van der Waals surface area (Å²) in [6, 6.07) is 4.94. The van der Waals surface area contributed by atoms with Crippen molar-refractivity contribution in [1.29, 1.82) is 0 Å². The summed E-state index contributed by atoms with van der Waals surface area (Å²) >= 11 is 0. The molecular weight excluding hydrogens is 476 g/mol. The predicted octanol–water partition coefficient (Wildman–Crippen LogP) is 2.93. The van der Waals surface area contributed by atoms with Crippen molar-refractivity contribution in [2.45, 2.75) is 18.8 Å². The van der Waals surface area contributed by atoms with Crippen LogP contribution in [0.1, 0.15) is 76.9 Å². The van der Waals surface area contributed by atoms with Crippen LogP contribution in [-0.4, -0.2) is 59.3 Å². The molecular formula is C25H16O11. The molecule has 0 aliphatic heterocycles. The van der Waals surface area contributed by atoms with E-state index in [9.17, 15) is 54.9 Å². The van der Waals surface area contributed by atoms with Crippen LogP contribution in [0.5, 0.6) is 28.7 Å². The first kappa shape index (κ1) is 22.7. The second kappa shape index (κ2) is 7.47. The van der Waals surface area contributed by atoms with Gasteiger partial charge >= 0.3 is 11.9 Å². The molecule has 11 heteroatoms. The molecule has 0 radical (unpaired) electrons. The zero-order valence-electron chi connectivity index (χ0n) is 18.1. The van der Waals surface area contributed by atoms with Crippen LogP contribution in [0.15, 0.2) is 24.3 Å². The first-order valence-corrected chi connectivity index (χ1v) is 10.6. The van der Waals surface area contributed by atoms with Crippen LogP contribution >= 0.6 is 0 Å². The van der Waals surface area contributed by atoms with Gasteiger partial charge in [-0.15, -0.1) is 0 Å². The van der Waals surface area contributed by atoms with Crippen LogP contribution in [-0.2, 0) is 0 Å². The van der Waals surface area contributed by atoms with Gasteiger partial charge in [0.25, 0.3) is 0 Å². The molecule has 182 valence electrons. The van der Waals surface area contributed by atoms with Gasteiger partial charge in [-0.1, -0.05) is 6.07 Å². The van der Waals surface area contributed by atoms with Crippen LogP contribution < -0.4 is 0 Å². The number of ketones is 2. The Bertz CT molecular complexity index is 1580. The number of carbonyl (C=O) groups excluding carboxylic acids is 2. The number of benzene rings is 3. The maximum absolute atomic E-state index is 13.5. The van der Waals surface area contributed by atoms with E-state index in [1.165, 1.54) is 12.1 Å². The van der Waals surface area contributed by atoms with E-state index in [2.05, 4.69) is 0 Å². The lowest BCUT2D eigenvalue weighted by atomic mass is 9.77. The monoisotopic (exact) mass is 492 g/mol. The Kier molecular flexibility index (Phi) is 4.71. The van der Waals surface area contributed by atoms with Gasteiger partial charge in [0.1, 0.15) is 22.8 Å². The highest BCUT2D eigenvalue weighted by molar-refractivity contribution is 6.34. The third-order valence-electron chi connectivity index (χ3n) is 6.42. The summed E-state index contributed by atoms with van der Waals surface area (Å²) in [6.45, 7) is 0. The minimum atomic E-state index is -1.94. The van der Waals surface area contributed by atoms with E-state index < -0.39 is 91.2 Å². The Hall–Kier alpha value is -5.06. The highest BCUT2D eigenvalue weighted by Gasteiger charge is 2.43. The van der Waals surface area contributed by atoms with Gasteiger partial charge in [-0.2, -0.15) is 0 Å². The van der Waals surface area contributed by atoms with Gasteiger partial charge in [0.2, 0.25) is 0 Å². The maximum atomic E-state index is 13.5. The van der Waals surface area contributed by atoms with E-state index in [0.29, 0.717) is 6.07 Å². The van der Waals surface area contributed by atoms with Crippen LogP contribution in [0.25, 0.3) is 11.1 Å². The Balaban J connectivity index is 1.85. The zero-order valence-corrected chi connectivity index (χ0v) is 18.1. The highest BCUT2D eigenvalue weighted by Crippen LogP contribution is 2.54. The van der Waals surface area contributed by atoms with Crippen LogP contribution in [0, 0.1) is 0 Å². The minimum Gasteiger partial charge on any atom is -0.507 e. The van der Waals surface area contributed by atoms with Crippen molar-refractivity contribution in [3.8, 4) is 39.9 Å². The molecule has 0 unspecified atom stereocenters. The number of aromatic carboxylic acids is 2. The molecule has 0 amide bonds. The summed E-state index contributed by atoms with van der Waals surface area (Å²) in [6.07, 6.45) is 1.75. The molecule has 0 bridgehead atoms. The molecule has 0 heterocycles. The van der Waals surface area contributed by atoms with E-state index in [-0.39, 0.29) is 11.5 Å². The molecule has 11 nitrogen and oxygen atoms in total. The number of carboxylic acid groups (broad SMARTS) is 2. The van der Waals surface area contributed by atoms with Crippen molar-refractivity contribution in [2.75, 3.05) is 0 Å². The van der Waals surface area contributed by atoms with Crippen molar-refractivity contribution >= 4 is 23.5 Å². The molecule has 2 aliphatic carbocycles. The third-order valence-corrected chi connectivity index (χ3v) is 6.42. The van der Waals surface area contributed by atoms with Crippen LogP contribution in [0.3, 0.4) is 0 Å². The van der Waals surface area contributed by atoms with Crippen LogP contribution in [0.4, 0.5) is 0 Å². The van der Waals surface area contributed by atoms with Gasteiger partial charge < -0.3 is 35.7 Å². The van der Waals surface area contributed by atoms with Crippen molar-refractivity contribution in [2.24, 2.45) is 0 Å². The van der Waals surface area contributed by atoms with E-state index >= 15 is 0 Å². The minimum absolute atomic E-state index is 0.158. The standard InChI is InChI=1S/C25H16O11/c26-11-4-3-8(7-1-2-7)5-9(11)14-21(30)18-17(23(32)22(14)31)19(28)10-6-12(27)15(24(33)34)16(25(35)36)13(10)20(18)29/h3-7,26-27,30-32H,1-2H2,(H,33,34)(H,35,36). The summed E-state index contributed by atoms with van der Waals surface area (Å²) < 4.78 is 0. The fraction of sp³-hybridized carbons (Fsp3) is 0.120. The largest absolute Gasteiger partial charge is 0.507 e. The number of carboxylic acids is 2. The number of hydrogen-bond acceptors (Lipinski definition) is 9. The quantitative estimate of drug-likeness (QED) is 0.163. The lowest BCUT2D eigenvalue weighted by Gasteiger charge is -2.24. The fourth-order valence-electron chi connectivity index (χ4n) is 4.61. The molecule has 7 N–H and O–H groups in total. The lowest BCUT2D eigenvalue weighted by Crippen LogP contribution is -2.26. The number of phenolic OH excluding ortho intramolecular Hbond substituents is 4. The number of aromatic hydroxyl groups is 5. The average molecular weight is 492 g/mol. The molecule has 5 rings (SSSR count). The summed E-state index contributed by atoms with van der Waals surface area (Å²) in [5, 5.41) is 72.1. The molecule has 2 aliphatic rings. The van der Waals surface area contributed by atoms with Gasteiger partial charge in [0.05, 0.1) is 22.3 Å². The normalized spacial score (nSPS) is 14.3. The Morgan fingerprint density at radius 1 is 0.639 bits per heavy atom. The first-order valence-electron chi connectivity index (χ1n) is 10.6. The molecule has 1 fully saturated rings. The van der Waals surface area contributed by atoms with Crippen molar-refractivity contribution in [1.82, 2.24) is 0 Å². The molecule has 3 aromatic carbocycles. The van der Waals surface area contributed by atoms with Gasteiger partial charge in [0, 0.05) is 16.7 Å². The Labute approximate surface area is 200 Å². The van der Waals surface area contributed by atoms with Crippen molar-refractivity contribution in [3.63, 3.8) is 0 Å². The Morgan fingerprint density at radius 3 is 1.81 bits per heavy atom. The molecule has 0 atom stereocenters. The van der Waals surface area contributed by atoms with E-state index in [0.717, 1.165) is 18.4 Å². The van der Waals surface area contributed by atoms with Crippen molar-refractivity contribution in [3.05, 3.63) is 63.2 Å². The highest BCUT2D eigenvalue weighted by atomic mass is 16.4. The number of phenols is 5. The summed E-state index contributed by atoms with van der Waals surface area (Å²) in [5.74, 6) is -11.0. The van der Waals surface area contributed by atoms with Crippen LogP contribution in [0.2, 0.25) is 0 Å².